The number of aliphatic hydroxyl groups excluding tert-OH is 1. The second kappa shape index (κ2) is 8.06. The number of aliphatic hydroxyl groups is 1. The van der Waals surface area contributed by atoms with Gasteiger partial charge in [-0.05, 0) is 12.3 Å². The van der Waals surface area contributed by atoms with Crippen molar-refractivity contribution in [3.8, 4) is 0 Å². The Morgan fingerprint density at radius 1 is 1.09 bits per heavy atom. The minimum Gasteiger partial charge on any atom is -0.396 e. The number of rotatable bonds is 7. The van der Waals surface area contributed by atoms with E-state index in [1.165, 1.54) is 32.1 Å². The molecule has 0 saturated heterocycles. The maximum atomic E-state index is 8.88. The van der Waals surface area contributed by atoms with E-state index in [1.807, 2.05) is 0 Å². The van der Waals surface area contributed by atoms with Crippen molar-refractivity contribution in [1.82, 2.24) is 0 Å². The Kier molecular flexibility index (Phi) is 8.03. The normalized spacial score (nSPS) is 13.4. The smallest absolute Gasteiger partial charge is 0.0459 e. The highest BCUT2D eigenvalue weighted by Gasteiger charge is 2.02. The van der Waals surface area contributed by atoms with E-state index in [2.05, 4.69) is 13.8 Å². The lowest BCUT2D eigenvalue weighted by Gasteiger charge is -2.09. The standard InChI is InChI=1S/C10H22O/c1-3-5-6-7-8-10(4-2)9-11/h10-11H,3-9H2,1-2H3/t10-/m1/s1. The average Bonchev–Trinajstić information content (AvgIpc) is 2.05. The molecule has 1 nitrogen and oxygen atoms in total. The Morgan fingerprint density at radius 2 is 1.82 bits per heavy atom. The van der Waals surface area contributed by atoms with E-state index in [0.29, 0.717) is 12.5 Å². The molecule has 0 aromatic rings. The molecular weight excluding hydrogens is 136 g/mol. The molecule has 0 aromatic heterocycles. The zero-order valence-corrected chi connectivity index (χ0v) is 7.97. The largest absolute Gasteiger partial charge is 0.396 e. The molecule has 0 radical (unpaired) electrons. The van der Waals surface area contributed by atoms with Crippen LogP contribution < -0.4 is 0 Å². The zero-order valence-electron chi connectivity index (χ0n) is 7.97. The quantitative estimate of drug-likeness (QED) is 0.565. The summed E-state index contributed by atoms with van der Waals surface area (Å²) < 4.78 is 0. The first kappa shape index (κ1) is 11.0. The summed E-state index contributed by atoms with van der Waals surface area (Å²) in [6.07, 6.45) is 7.63. The van der Waals surface area contributed by atoms with Crippen LogP contribution in [0.5, 0.6) is 0 Å². The summed E-state index contributed by atoms with van der Waals surface area (Å²) >= 11 is 0. The highest BCUT2D eigenvalue weighted by molar-refractivity contribution is 4.54. The molecule has 0 heterocycles. The lowest BCUT2D eigenvalue weighted by molar-refractivity contribution is 0.211. The molecule has 1 N–H and O–H groups in total. The monoisotopic (exact) mass is 158 g/mol. The van der Waals surface area contributed by atoms with Gasteiger partial charge in [0.1, 0.15) is 0 Å². The highest BCUT2D eigenvalue weighted by atomic mass is 16.3. The van der Waals surface area contributed by atoms with E-state index in [0.717, 1.165) is 6.42 Å². The van der Waals surface area contributed by atoms with Gasteiger partial charge in [-0.1, -0.05) is 46.0 Å². The van der Waals surface area contributed by atoms with Crippen molar-refractivity contribution >= 4 is 0 Å². The summed E-state index contributed by atoms with van der Waals surface area (Å²) in [4.78, 5) is 0. The molecule has 0 bridgehead atoms. The van der Waals surface area contributed by atoms with Gasteiger partial charge in [0.05, 0.1) is 0 Å². The van der Waals surface area contributed by atoms with Crippen molar-refractivity contribution in [3.63, 3.8) is 0 Å². The lowest BCUT2D eigenvalue weighted by Crippen LogP contribution is -2.03. The van der Waals surface area contributed by atoms with Gasteiger partial charge >= 0.3 is 0 Å². The SMILES string of the molecule is CCCCCC[C@@H](CC)CO. The Morgan fingerprint density at radius 3 is 2.27 bits per heavy atom. The Labute approximate surface area is 70.8 Å². The molecule has 0 aliphatic rings. The van der Waals surface area contributed by atoms with Gasteiger partial charge < -0.3 is 5.11 Å². The minimum absolute atomic E-state index is 0.378. The molecule has 11 heavy (non-hydrogen) atoms. The van der Waals surface area contributed by atoms with Crippen LogP contribution in [0.3, 0.4) is 0 Å². The fraction of sp³-hybridized carbons (Fsp3) is 1.00. The van der Waals surface area contributed by atoms with E-state index in [9.17, 15) is 0 Å². The van der Waals surface area contributed by atoms with Crippen molar-refractivity contribution in [2.24, 2.45) is 5.92 Å². The summed E-state index contributed by atoms with van der Waals surface area (Å²) in [6, 6.07) is 0. The summed E-state index contributed by atoms with van der Waals surface area (Å²) in [7, 11) is 0. The molecular formula is C10H22O. The van der Waals surface area contributed by atoms with Crippen LogP contribution >= 0.6 is 0 Å². The zero-order chi connectivity index (χ0) is 8.53. The summed E-state index contributed by atoms with van der Waals surface area (Å²) in [5, 5.41) is 8.88. The fourth-order valence-electron chi connectivity index (χ4n) is 1.28. The average molecular weight is 158 g/mol. The van der Waals surface area contributed by atoms with E-state index in [4.69, 9.17) is 5.11 Å². The van der Waals surface area contributed by atoms with Crippen LogP contribution in [0.25, 0.3) is 0 Å². The van der Waals surface area contributed by atoms with Gasteiger partial charge in [0, 0.05) is 6.61 Å². The molecule has 0 aliphatic carbocycles. The molecule has 0 aromatic carbocycles. The van der Waals surface area contributed by atoms with Crippen LogP contribution in [0.15, 0.2) is 0 Å². The second-order valence-electron chi connectivity index (χ2n) is 3.31. The summed E-state index contributed by atoms with van der Waals surface area (Å²) in [6.45, 7) is 4.76. The predicted molar refractivity (Wildman–Crippen MR) is 49.6 cm³/mol. The van der Waals surface area contributed by atoms with Crippen molar-refractivity contribution in [2.75, 3.05) is 6.61 Å². The molecule has 0 saturated carbocycles. The maximum absolute atomic E-state index is 8.88. The Balaban J connectivity index is 3.07. The van der Waals surface area contributed by atoms with Crippen molar-refractivity contribution in [2.45, 2.75) is 52.4 Å². The topological polar surface area (TPSA) is 20.2 Å². The third-order valence-corrected chi connectivity index (χ3v) is 2.30. The minimum atomic E-state index is 0.378. The molecule has 0 amide bonds. The molecule has 68 valence electrons. The van der Waals surface area contributed by atoms with Gasteiger partial charge in [-0.15, -0.1) is 0 Å². The lowest BCUT2D eigenvalue weighted by atomic mass is 9.99. The second-order valence-corrected chi connectivity index (χ2v) is 3.31. The fourth-order valence-corrected chi connectivity index (χ4v) is 1.28. The van der Waals surface area contributed by atoms with Crippen LogP contribution in [0.4, 0.5) is 0 Å². The van der Waals surface area contributed by atoms with E-state index in [-0.39, 0.29) is 0 Å². The van der Waals surface area contributed by atoms with E-state index >= 15 is 0 Å². The third-order valence-electron chi connectivity index (χ3n) is 2.30. The van der Waals surface area contributed by atoms with Crippen LogP contribution in [-0.2, 0) is 0 Å². The Bertz CT molecular complexity index is 67.3. The molecule has 1 atom stereocenters. The molecule has 0 aliphatic heterocycles. The molecule has 1 heteroatoms. The molecule has 0 fully saturated rings. The molecule has 0 unspecified atom stereocenters. The van der Waals surface area contributed by atoms with Gasteiger partial charge in [-0.3, -0.25) is 0 Å². The molecule has 0 spiro atoms. The predicted octanol–water partition coefficient (Wildman–Crippen LogP) is 2.98. The summed E-state index contributed by atoms with van der Waals surface area (Å²) in [5.41, 5.74) is 0. The third kappa shape index (κ3) is 6.36. The van der Waals surface area contributed by atoms with Gasteiger partial charge in [0.25, 0.3) is 0 Å². The number of unbranched alkanes of at least 4 members (excludes halogenated alkanes) is 3. The van der Waals surface area contributed by atoms with Crippen molar-refractivity contribution in [1.29, 1.82) is 0 Å². The Hall–Kier alpha value is -0.0400. The van der Waals surface area contributed by atoms with E-state index < -0.39 is 0 Å². The van der Waals surface area contributed by atoms with Crippen LogP contribution in [0.1, 0.15) is 52.4 Å². The first-order valence-corrected chi connectivity index (χ1v) is 4.96. The highest BCUT2D eigenvalue weighted by Crippen LogP contribution is 2.12. The van der Waals surface area contributed by atoms with Gasteiger partial charge in [0.2, 0.25) is 0 Å². The van der Waals surface area contributed by atoms with Gasteiger partial charge in [-0.25, -0.2) is 0 Å². The molecule has 0 rings (SSSR count). The van der Waals surface area contributed by atoms with Crippen LogP contribution in [0.2, 0.25) is 0 Å². The van der Waals surface area contributed by atoms with Gasteiger partial charge in [-0.2, -0.15) is 0 Å². The van der Waals surface area contributed by atoms with Crippen LogP contribution in [-0.4, -0.2) is 11.7 Å². The number of hydrogen-bond acceptors (Lipinski definition) is 1. The van der Waals surface area contributed by atoms with E-state index in [1.54, 1.807) is 0 Å². The first-order valence-electron chi connectivity index (χ1n) is 4.96. The van der Waals surface area contributed by atoms with Crippen LogP contribution in [0, 0.1) is 5.92 Å². The first-order chi connectivity index (χ1) is 5.35. The van der Waals surface area contributed by atoms with Crippen molar-refractivity contribution in [3.05, 3.63) is 0 Å². The number of hydrogen-bond donors (Lipinski definition) is 1. The van der Waals surface area contributed by atoms with Crippen molar-refractivity contribution < 1.29 is 5.11 Å². The summed E-state index contributed by atoms with van der Waals surface area (Å²) in [5.74, 6) is 0.562. The maximum Gasteiger partial charge on any atom is 0.0459 e. The van der Waals surface area contributed by atoms with Gasteiger partial charge in [0.15, 0.2) is 0 Å².